The number of fused-ring (bicyclic) bond motifs is 3. The topological polar surface area (TPSA) is 0 Å². The van der Waals surface area contributed by atoms with Crippen LogP contribution in [0.25, 0.3) is 11.1 Å². The van der Waals surface area contributed by atoms with Crippen LogP contribution in [-0.4, -0.2) is 0 Å². The molecule has 0 spiro atoms. The fourth-order valence-electron chi connectivity index (χ4n) is 5.21. The van der Waals surface area contributed by atoms with E-state index < -0.39 is 23.3 Å². The van der Waals surface area contributed by atoms with Gasteiger partial charge in [0, 0.05) is 0 Å². The minimum Gasteiger partial charge on any atom is -0.206 e. The zero-order valence-corrected chi connectivity index (χ0v) is 15.8. The summed E-state index contributed by atoms with van der Waals surface area (Å²) in [5.74, 6) is -2.14. The molecule has 0 heterocycles. The highest BCUT2D eigenvalue weighted by Gasteiger charge is 2.37. The van der Waals surface area contributed by atoms with Crippen molar-refractivity contribution in [1.82, 2.24) is 0 Å². The number of allylic oxidation sites excluding steroid dienone is 1. The average molecular weight is 388 g/mol. The smallest absolute Gasteiger partial charge is 0.159 e. The Kier molecular flexibility index (Phi) is 5.31. The fourth-order valence-corrected chi connectivity index (χ4v) is 5.21. The van der Waals surface area contributed by atoms with E-state index in [0.717, 1.165) is 56.2 Å². The van der Waals surface area contributed by atoms with Crippen LogP contribution in [0.5, 0.6) is 0 Å². The second kappa shape index (κ2) is 7.73. The Morgan fingerprint density at radius 1 is 0.964 bits per heavy atom. The molecule has 4 rings (SSSR count). The van der Waals surface area contributed by atoms with Crippen LogP contribution in [0, 0.1) is 35.1 Å². The number of hydrogen-bond acceptors (Lipinski definition) is 0. The summed E-state index contributed by atoms with van der Waals surface area (Å²) in [6, 6.07) is 4.43. The van der Waals surface area contributed by atoms with Gasteiger partial charge in [-0.3, -0.25) is 0 Å². The first-order valence-corrected chi connectivity index (χ1v) is 10.1. The minimum absolute atomic E-state index is 0.0342. The second-order valence-electron chi connectivity index (χ2n) is 8.19. The first-order valence-electron chi connectivity index (χ1n) is 10.1. The molecule has 0 saturated heterocycles. The van der Waals surface area contributed by atoms with Crippen LogP contribution >= 0.6 is 0 Å². The zero-order valence-electron chi connectivity index (χ0n) is 15.8. The number of halogens is 4. The zero-order chi connectivity index (χ0) is 19.8. The summed E-state index contributed by atoms with van der Waals surface area (Å²) in [5, 5.41) is 0. The molecule has 0 bridgehead atoms. The van der Waals surface area contributed by atoms with Crippen LogP contribution in [0.15, 0.2) is 36.9 Å². The van der Waals surface area contributed by atoms with E-state index in [1.165, 1.54) is 12.1 Å². The van der Waals surface area contributed by atoms with E-state index in [1.807, 2.05) is 6.08 Å². The summed E-state index contributed by atoms with van der Waals surface area (Å²) < 4.78 is 57.0. The average Bonchev–Trinajstić information content (AvgIpc) is 2.68. The Morgan fingerprint density at radius 2 is 1.79 bits per heavy atom. The normalized spacial score (nSPS) is 23.8. The van der Waals surface area contributed by atoms with Gasteiger partial charge in [-0.25, -0.2) is 17.6 Å². The van der Waals surface area contributed by atoms with Crippen LogP contribution in [0.1, 0.15) is 55.6 Å². The molecule has 2 aromatic carbocycles. The predicted octanol–water partition coefficient (Wildman–Crippen LogP) is 7.32. The molecule has 0 amide bonds. The number of benzene rings is 2. The Morgan fingerprint density at radius 3 is 2.54 bits per heavy atom. The number of rotatable bonds is 4. The van der Waals surface area contributed by atoms with Gasteiger partial charge in [-0.05, 0) is 97.6 Å². The van der Waals surface area contributed by atoms with Crippen molar-refractivity contribution in [2.45, 2.75) is 50.9 Å². The quantitative estimate of drug-likeness (QED) is 0.380. The summed E-state index contributed by atoms with van der Waals surface area (Å²) in [5.41, 5.74) is 1.11. The highest BCUT2D eigenvalue weighted by molar-refractivity contribution is 5.67. The second-order valence-corrected chi connectivity index (χ2v) is 8.19. The first kappa shape index (κ1) is 19.2. The number of hydrogen-bond donors (Lipinski definition) is 0. The van der Waals surface area contributed by atoms with Crippen LogP contribution in [0.3, 0.4) is 0 Å². The lowest BCUT2D eigenvalue weighted by Crippen LogP contribution is -2.29. The van der Waals surface area contributed by atoms with Gasteiger partial charge in [0.25, 0.3) is 0 Å². The molecule has 1 fully saturated rings. The monoisotopic (exact) mass is 388 g/mol. The first-order chi connectivity index (χ1) is 13.5. The molecule has 1 saturated carbocycles. The van der Waals surface area contributed by atoms with Crippen molar-refractivity contribution in [3.05, 3.63) is 71.3 Å². The van der Waals surface area contributed by atoms with Crippen molar-refractivity contribution in [3.8, 4) is 11.1 Å². The maximum atomic E-state index is 15.3. The molecular weight excluding hydrogens is 364 g/mol. The molecular formula is C24H24F4. The van der Waals surface area contributed by atoms with Crippen molar-refractivity contribution >= 4 is 0 Å². The molecule has 0 N–H and O–H groups in total. The third-order valence-corrected chi connectivity index (χ3v) is 6.60. The van der Waals surface area contributed by atoms with Gasteiger partial charge in [-0.2, -0.15) is 0 Å². The van der Waals surface area contributed by atoms with Crippen molar-refractivity contribution in [2.24, 2.45) is 11.8 Å². The molecule has 148 valence electrons. The largest absolute Gasteiger partial charge is 0.206 e. The lowest BCUT2D eigenvalue weighted by atomic mass is 9.64. The Labute approximate surface area is 163 Å². The van der Waals surface area contributed by atoms with Crippen molar-refractivity contribution in [1.29, 1.82) is 0 Å². The van der Waals surface area contributed by atoms with Crippen LogP contribution < -0.4 is 0 Å². The summed E-state index contributed by atoms with van der Waals surface area (Å²) >= 11 is 0. The van der Waals surface area contributed by atoms with Gasteiger partial charge < -0.3 is 0 Å². The molecule has 0 radical (unpaired) electrons. The third kappa shape index (κ3) is 3.38. The summed E-state index contributed by atoms with van der Waals surface area (Å²) in [6.45, 7) is 3.79. The van der Waals surface area contributed by atoms with E-state index in [4.69, 9.17) is 0 Å². The molecule has 2 aliphatic carbocycles. The summed E-state index contributed by atoms with van der Waals surface area (Å²) in [6.07, 6.45) is 8.68. The van der Waals surface area contributed by atoms with Gasteiger partial charge in [-0.15, -0.1) is 6.58 Å². The van der Waals surface area contributed by atoms with E-state index in [9.17, 15) is 13.2 Å². The van der Waals surface area contributed by atoms with E-state index in [1.54, 1.807) is 0 Å². The van der Waals surface area contributed by atoms with Gasteiger partial charge in [0.2, 0.25) is 0 Å². The SMILES string of the molecule is C=CCC[C@@H]1CC[C@@H]2c3cc(F)c(-c4ccc(F)c(F)c4)c(F)c3CC[C@@H]2C1. The molecule has 0 aromatic heterocycles. The van der Waals surface area contributed by atoms with Gasteiger partial charge in [0.1, 0.15) is 11.6 Å². The molecule has 0 nitrogen and oxygen atoms in total. The molecule has 4 heteroatoms. The standard InChI is InChI=1S/C24H24F4/c1-2-3-4-14-5-8-17-15(11-14)6-9-18-19(17)13-22(27)23(24(18)28)16-7-10-20(25)21(26)12-16/h2,7,10,12-15,17H,1,3-6,8-9,11H2/t14-,15-,17+/m1/s1. The van der Waals surface area contributed by atoms with Crippen molar-refractivity contribution in [2.75, 3.05) is 0 Å². The van der Waals surface area contributed by atoms with Crippen LogP contribution in [0.2, 0.25) is 0 Å². The summed E-state index contributed by atoms with van der Waals surface area (Å²) in [4.78, 5) is 0. The van der Waals surface area contributed by atoms with Crippen molar-refractivity contribution < 1.29 is 17.6 Å². The fraction of sp³-hybridized carbons (Fsp3) is 0.417. The van der Waals surface area contributed by atoms with Gasteiger partial charge in [0.05, 0.1) is 5.56 Å². The van der Waals surface area contributed by atoms with Crippen LogP contribution in [0.4, 0.5) is 17.6 Å². The van der Waals surface area contributed by atoms with E-state index in [-0.39, 0.29) is 17.0 Å². The molecule has 2 aliphatic rings. The summed E-state index contributed by atoms with van der Waals surface area (Å²) in [7, 11) is 0. The van der Waals surface area contributed by atoms with Crippen LogP contribution in [-0.2, 0) is 6.42 Å². The van der Waals surface area contributed by atoms with Crippen molar-refractivity contribution in [3.63, 3.8) is 0 Å². The van der Waals surface area contributed by atoms with E-state index >= 15 is 4.39 Å². The predicted molar refractivity (Wildman–Crippen MR) is 103 cm³/mol. The Balaban J connectivity index is 1.67. The lowest BCUT2D eigenvalue weighted by Gasteiger charge is -2.41. The molecule has 3 atom stereocenters. The van der Waals surface area contributed by atoms with Gasteiger partial charge in [0.15, 0.2) is 11.6 Å². The lowest BCUT2D eigenvalue weighted by molar-refractivity contribution is 0.201. The molecule has 28 heavy (non-hydrogen) atoms. The highest BCUT2D eigenvalue weighted by Crippen LogP contribution is 2.49. The highest BCUT2D eigenvalue weighted by atomic mass is 19.2. The van der Waals surface area contributed by atoms with E-state index in [0.29, 0.717) is 23.8 Å². The maximum absolute atomic E-state index is 15.3. The Bertz CT molecular complexity index is 902. The van der Waals surface area contributed by atoms with Gasteiger partial charge >= 0.3 is 0 Å². The molecule has 2 aromatic rings. The molecule has 0 unspecified atom stereocenters. The minimum atomic E-state index is -1.10. The molecule has 0 aliphatic heterocycles. The van der Waals surface area contributed by atoms with Gasteiger partial charge in [-0.1, -0.05) is 12.1 Å². The van der Waals surface area contributed by atoms with E-state index in [2.05, 4.69) is 6.58 Å². The third-order valence-electron chi connectivity index (χ3n) is 6.60. The maximum Gasteiger partial charge on any atom is 0.159 e. The Hall–Kier alpha value is -2.10.